The second-order valence-electron chi connectivity index (χ2n) is 6.05. The average Bonchev–Trinajstić information content (AvgIpc) is 2.53. The summed E-state index contributed by atoms with van der Waals surface area (Å²) in [6, 6.07) is 9.33. The predicted molar refractivity (Wildman–Crippen MR) is 89.0 cm³/mol. The predicted octanol–water partition coefficient (Wildman–Crippen LogP) is 3.09. The fraction of sp³-hybridized carbons (Fsp3) is 0.412. The quantitative estimate of drug-likeness (QED) is 0.926. The standard InChI is InChI=1S/C17H20ClN3O/c1-11(19)13-3-2-8-21(10-13)17(22)15-7-5-12-4-6-14(18)9-16(12)20-15/h4-7,9,11,13H,2-3,8,10,19H2,1H3. The lowest BCUT2D eigenvalue weighted by Crippen LogP contribution is -2.45. The third-order valence-electron chi connectivity index (χ3n) is 4.36. The van der Waals surface area contributed by atoms with E-state index < -0.39 is 0 Å². The van der Waals surface area contributed by atoms with E-state index in [9.17, 15) is 4.79 Å². The minimum atomic E-state index is -0.0211. The van der Waals surface area contributed by atoms with Crippen LogP contribution in [0.4, 0.5) is 0 Å². The zero-order chi connectivity index (χ0) is 15.7. The van der Waals surface area contributed by atoms with Crippen LogP contribution < -0.4 is 5.73 Å². The van der Waals surface area contributed by atoms with Crippen LogP contribution in [0.2, 0.25) is 5.02 Å². The van der Waals surface area contributed by atoms with Gasteiger partial charge in [0.05, 0.1) is 5.52 Å². The van der Waals surface area contributed by atoms with Crippen molar-refractivity contribution < 1.29 is 4.79 Å². The van der Waals surface area contributed by atoms with Crippen molar-refractivity contribution in [1.29, 1.82) is 0 Å². The lowest BCUT2D eigenvalue weighted by molar-refractivity contribution is 0.0655. The highest BCUT2D eigenvalue weighted by Crippen LogP contribution is 2.22. The van der Waals surface area contributed by atoms with E-state index in [1.165, 1.54) is 0 Å². The molecule has 1 saturated heterocycles. The molecule has 2 atom stereocenters. The van der Waals surface area contributed by atoms with Gasteiger partial charge in [-0.2, -0.15) is 0 Å². The van der Waals surface area contributed by atoms with Crippen LogP contribution in [0, 0.1) is 5.92 Å². The highest BCUT2D eigenvalue weighted by atomic mass is 35.5. The number of aromatic nitrogens is 1. The fourth-order valence-electron chi connectivity index (χ4n) is 3.00. The number of likely N-dealkylation sites (tertiary alicyclic amines) is 1. The summed E-state index contributed by atoms with van der Waals surface area (Å²) in [6.45, 7) is 3.50. The lowest BCUT2D eigenvalue weighted by Gasteiger charge is -2.34. The second-order valence-corrected chi connectivity index (χ2v) is 6.48. The molecule has 1 aromatic heterocycles. The summed E-state index contributed by atoms with van der Waals surface area (Å²) in [4.78, 5) is 19.0. The highest BCUT2D eigenvalue weighted by Gasteiger charge is 2.27. The van der Waals surface area contributed by atoms with E-state index in [0.717, 1.165) is 30.3 Å². The van der Waals surface area contributed by atoms with E-state index in [-0.39, 0.29) is 11.9 Å². The summed E-state index contributed by atoms with van der Waals surface area (Å²) in [7, 11) is 0. The molecule has 1 aliphatic rings. The van der Waals surface area contributed by atoms with E-state index >= 15 is 0 Å². The molecule has 0 aliphatic carbocycles. The Labute approximate surface area is 135 Å². The number of rotatable bonds is 2. The number of amides is 1. The summed E-state index contributed by atoms with van der Waals surface area (Å²) in [5, 5.41) is 1.60. The Morgan fingerprint density at radius 1 is 1.41 bits per heavy atom. The van der Waals surface area contributed by atoms with Gasteiger partial charge in [0.2, 0.25) is 0 Å². The van der Waals surface area contributed by atoms with E-state index in [1.807, 2.05) is 30.0 Å². The lowest BCUT2D eigenvalue weighted by atomic mass is 9.92. The number of hydrogen-bond donors (Lipinski definition) is 1. The van der Waals surface area contributed by atoms with Gasteiger partial charge in [-0.05, 0) is 43.9 Å². The van der Waals surface area contributed by atoms with Crippen molar-refractivity contribution in [3.63, 3.8) is 0 Å². The zero-order valence-corrected chi connectivity index (χ0v) is 13.4. The summed E-state index contributed by atoms with van der Waals surface area (Å²) in [5.41, 5.74) is 7.21. The maximum Gasteiger partial charge on any atom is 0.272 e. The van der Waals surface area contributed by atoms with Gasteiger partial charge in [-0.1, -0.05) is 23.7 Å². The highest BCUT2D eigenvalue weighted by molar-refractivity contribution is 6.31. The van der Waals surface area contributed by atoms with Crippen LogP contribution in [0.15, 0.2) is 30.3 Å². The van der Waals surface area contributed by atoms with Gasteiger partial charge in [0, 0.05) is 29.5 Å². The Hall–Kier alpha value is -1.65. The van der Waals surface area contributed by atoms with E-state index in [4.69, 9.17) is 17.3 Å². The molecule has 1 fully saturated rings. The van der Waals surface area contributed by atoms with E-state index in [1.54, 1.807) is 12.1 Å². The molecule has 1 aromatic carbocycles. The number of hydrogen-bond acceptors (Lipinski definition) is 3. The van der Waals surface area contributed by atoms with Gasteiger partial charge in [0.1, 0.15) is 5.69 Å². The maximum absolute atomic E-state index is 12.7. The molecule has 116 valence electrons. The number of fused-ring (bicyclic) bond motifs is 1. The number of nitrogens with zero attached hydrogens (tertiary/aromatic N) is 2. The first-order chi connectivity index (χ1) is 10.5. The summed E-state index contributed by atoms with van der Waals surface area (Å²) in [6.07, 6.45) is 2.08. The van der Waals surface area contributed by atoms with Crippen LogP contribution in [0.1, 0.15) is 30.3 Å². The summed E-state index contributed by atoms with van der Waals surface area (Å²) < 4.78 is 0. The van der Waals surface area contributed by atoms with Gasteiger partial charge in [-0.15, -0.1) is 0 Å². The topological polar surface area (TPSA) is 59.2 Å². The number of carbonyl (C=O) groups is 1. The van der Waals surface area contributed by atoms with Crippen molar-refractivity contribution in [2.45, 2.75) is 25.8 Å². The Bertz CT molecular complexity index is 701. The van der Waals surface area contributed by atoms with Gasteiger partial charge >= 0.3 is 0 Å². The number of nitrogens with two attached hydrogens (primary N) is 1. The molecule has 1 aliphatic heterocycles. The van der Waals surface area contributed by atoms with E-state index in [2.05, 4.69) is 4.98 Å². The molecule has 2 unspecified atom stereocenters. The van der Waals surface area contributed by atoms with Gasteiger partial charge in [-0.25, -0.2) is 4.98 Å². The first kappa shape index (κ1) is 15.3. The van der Waals surface area contributed by atoms with E-state index in [0.29, 0.717) is 23.2 Å². The number of carbonyl (C=O) groups excluding carboxylic acids is 1. The molecule has 2 heterocycles. The Morgan fingerprint density at radius 3 is 2.95 bits per heavy atom. The minimum Gasteiger partial charge on any atom is -0.337 e. The average molecular weight is 318 g/mol. The molecule has 5 heteroatoms. The smallest absolute Gasteiger partial charge is 0.272 e. The third-order valence-corrected chi connectivity index (χ3v) is 4.60. The molecule has 4 nitrogen and oxygen atoms in total. The molecule has 2 N–H and O–H groups in total. The Kier molecular flexibility index (Phi) is 4.32. The first-order valence-electron chi connectivity index (χ1n) is 7.66. The van der Waals surface area contributed by atoms with Gasteiger partial charge < -0.3 is 10.6 Å². The zero-order valence-electron chi connectivity index (χ0n) is 12.6. The second kappa shape index (κ2) is 6.23. The largest absolute Gasteiger partial charge is 0.337 e. The molecule has 0 spiro atoms. The van der Waals surface area contributed by atoms with Crippen LogP contribution in [-0.4, -0.2) is 34.9 Å². The minimum absolute atomic E-state index is 0.0211. The molecule has 1 amide bonds. The molecule has 2 aromatic rings. The van der Waals surface area contributed by atoms with Crippen LogP contribution >= 0.6 is 11.6 Å². The third kappa shape index (κ3) is 3.08. The normalized spacial score (nSPS) is 20.1. The number of benzene rings is 1. The molecule has 0 radical (unpaired) electrons. The first-order valence-corrected chi connectivity index (χ1v) is 8.03. The van der Waals surface area contributed by atoms with Crippen LogP contribution in [0.5, 0.6) is 0 Å². The Balaban J connectivity index is 1.85. The summed E-state index contributed by atoms with van der Waals surface area (Å²) >= 11 is 6.00. The Morgan fingerprint density at radius 2 is 2.18 bits per heavy atom. The van der Waals surface area contributed by atoms with Crippen LogP contribution in [0.3, 0.4) is 0 Å². The van der Waals surface area contributed by atoms with Crippen molar-refractivity contribution in [3.05, 3.63) is 41.0 Å². The molecule has 3 rings (SSSR count). The molecule has 0 saturated carbocycles. The number of pyridine rings is 1. The monoisotopic (exact) mass is 317 g/mol. The van der Waals surface area contributed by atoms with Crippen molar-refractivity contribution in [1.82, 2.24) is 9.88 Å². The number of halogens is 1. The summed E-state index contributed by atoms with van der Waals surface area (Å²) in [5.74, 6) is 0.347. The van der Waals surface area contributed by atoms with Crippen molar-refractivity contribution in [3.8, 4) is 0 Å². The number of piperidine rings is 1. The van der Waals surface area contributed by atoms with Gasteiger partial charge in [0.15, 0.2) is 0 Å². The van der Waals surface area contributed by atoms with Crippen molar-refractivity contribution >= 4 is 28.4 Å². The van der Waals surface area contributed by atoms with Gasteiger partial charge in [-0.3, -0.25) is 4.79 Å². The molecular formula is C17H20ClN3O. The van der Waals surface area contributed by atoms with Crippen LogP contribution in [-0.2, 0) is 0 Å². The van der Waals surface area contributed by atoms with Crippen LogP contribution in [0.25, 0.3) is 10.9 Å². The molecule has 0 bridgehead atoms. The molecule has 22 heavy (non-hydrogen) atoms. The van der Waals surface area contributed by atoms with Gasteiger partial charge in [0.25, 0.3) is 5.91 Å². The van der Waals surface area contributed by atoms with Crippen molar-refractivity contribution in [2.75, 3.05) is 13.1 Å². The molecular weight excluding hydrogens is 298 g/mol. The fourth-order valence-corrected chi connectivity index (χ4v) is 3.16. The van der Waals surface area contributed by atoms with Crippen molar-refractivity contribution in [2.24, 2.45) is 11.7 Å². The maximum atomic E-state index is 12.7. The SMILES string of the molecule is CC(N)C1CCCN(C(=O)c2ccc3ccc(Cl)cc3n2)C1.